The van der Waals surface area contributed by atoms with Crippen molar-refractivity contribution < 1.29 is 0 Å². The number of halogens is 1. The number of para-hydroxylation sites is 2. The molecule has 1 aromatic heterocycles. The normalized spacial score (nSPS) is 11.4. The lowest BCUT2D eigenvalue weighted by Gasteiger charge is -2.26. The van der Waals surface area contributed by atoms with E-state index in [-0.39, 0.29) is 0 Å². The topological polar surface area (TPSA) is 19.0 Å². The first kappa shape index (κ1) is 18.2. The Labute approximate surface area is 188 Å². The quantitative estimate of drug-likeness (QED) is 0.278. The minimum atomic E-state index is 1.11. The Morgan fingerprint density at radius 1 is 0.548 bits per heavy atom. The Kier molecular flexibility index (Phi) is 4.29. The molecule has 6 aromatic rings. The lowest BCUT2D eigenvalue weighted by Crippen LogP contribution is -2.10. The fourth-order valence-corrected chi connectivity index (χ4v) is 5.08. The van der Waals surface area contributed by atoms with Crippen LogP contribution in [0.1, 0.15) is 0 Å². The first-order valence-electron chi connectivity index (χ1n) is 10.3. The lowest BCUT2D eigenvalue weighted by molar-refractivity contribution is 1.30. The molecule has 31 heavy (non-hydrogen) atoms. The maximum Gasteiger partial charge on any atom is 0.0545 e. The highest BCUT2D eigenvalue weighted by atomic mass is 79.9. The summed E-state index contributed by atoms with van der Waals surface area (Å²) >= 11 is 3.73. The Bertz CT molecular complexity index is 1500. The van der Waals surface area contributed by atoms with Gasteiger partial charge in [-0.2, -0.15) is 0 Å². The molecule has 0 amide bonds. The van der Waals surface area contributed by atoms with Crippen LogP contribution < -0.4 is 4.90 Å². The fraction of sp³-hybridized carbons (Fsp3) is 0. The number of H-pyrrole nitrogens is 1. The van der Waals surface area contributed by atoms with Gasteiger partial charge in [-0.05, 0) is 42.5 Å². The van der Waals surface area contributed by atoms with Gasteiger partial charge in [-0.3, -0.25) is 0 Å². The monoisotopic (exact) mass is 462 g/mol. The summed E-state index contributed by atoms with van der Waals surface area (Å²) < 4.78 is 1.11. The molecule has 0 saturated heterocycles. The number of anilines is 3. The average Bonchev–Trinajstić information content (AvgIpc) is 3.21. The standard InChI is InChI=1S/C28H19BrN2/c29-24-14-8-15-25-27(24)23-18-17-21-22(28(23)30-25)13-7-16-26(21)31(19-9-3-1-4-10-19)20-11-5-2-6-12-20/h1-18,30H. The summed E-state index contributed by atoms with van der Waals surface area (Å²) in [5, 5.41) is 4.89. The number of rotatable bonds is 3. The molecule has 6 rings (SSSR count). The van der Waals surface area contributed by atoms with E-state index >= 15 is 0 Å². The third-order valence-corrected chi connectivity index (χ3v) is 6.51. The van der Waals surface area contributed by atoms with Crippen molar-refractivity contribution in [2.45, 2.75) is 0 Å². The van der Waals surface area contributed by atoms with Crippen LogP contribution >= 0.6 is 15.9 Å². The molecule has 0 bridgehead atoms. The summed E-state index contributed by atoms with van der Waals surface area (Å²) in [5.74, 6) is 0. The van der Waals surface area contributed by atoms with Crippen LogP contribution in [-0.2, 0) is 0 Å². The van der Waals surface area contributed by atoms with Crippen molar-refractivity contribution in [2.24, 2.45) is 0 Å². The van der Waals surface area contributed by atoms with Gasteiger partial charge in [0.05, 0.1) is 11.2 Å². The van der Waals surface area contributed by atoms with Crippen LogP contribution in [0.3, 0.4) is 0 Å². The molecular weight excluding hydrogens is 444 g/mol. The molecule has 0 fully saturated rings. The predicted molar refractivity (Wildman–Crippen MR) is 136 cm³/mol. The van der Waals surface area contributed by atoms with Gasteiger partial charge in [0, 0.05) is 42.9 Å². The van der Waals surface area contributed by atoms with Gasteiger partial charge in [0.25, 0.3) is 0 Å². The van der Waals surface area contributed by atoms with Crippen molar-refractivity contribution in [3.05, 3.63) is 114 Å². The van der Waals surface area contributed by atoms with Gasteiger partial charge in [0.15, 0.2) is 0 Å². The number of nitrogens with zero attached hydrogens (tertiary/aromatic N) is 1. The van der Waals surface area contributed by atoms with Crippen molar-refractivity contribution in [1.29, 1.82) is 0 Å². The van der Waals surface area contributed by atoms with Gasteiger partial charge in [-0.25, -0.2) is 0 Å². The molecule has 1 heterocycles. The summed E-state index contributed by atoms with van der Waals surface area (Å²) in [6.07, 6.45) is 0. The van der Waals surface area contributed by atoms with Crippen LogP contribution in [0.25, 0.3) is 32.6 Å². The number of benzene rings is 5. The van der Waals surface area contributed by atoms with E-state index in [4.69, 9.17) is 0 Å². The molecule has 5 aromatic carbocycles. The predicted octanol–water partition coefficient (Wildman–Crippen LogP) is 8.71. The number of aromatic amines is 1. The van der Waals surface area contributed by atoms with Crippen molar-refractivity contribution in [2.75, 3.05) is 4.90 Å². The van der Waals surface area contributed by atoms with Crippen molar-refractivity contribution >= 4 is 65.6 Å². The van der Waals surface area contributed by atoms with Crippen LogP contribution in [0.15, 0.2) is 114 Å². The molecule has 0 unspecified atom stereocenters. The Morgan fingerprint density at radius 2 is 1.19 bits per heavy atom. The second-order valence-electron chi connectivity index (χ2n) is 7.65. The first-order valence-corrected chi connectivity index (χ1v) is 11.1. The van der Waals surface area contributed by atoms with Crippen LogP contribution in [0, 0.1) is 0 Å². The van der Waals surface area contributed by atoms with Gasteiger partial charge >= 0.3 is 0 Å². The van der Waals surface area contributed by atoms with Crippen LogP contribution in [-0.4, -0.2) is 4.98 Å². The van der Waals surface area contributed by atoms with E-state index in [1.165, 1.54) is 27.1 Å². The largest absolute Gasteiger partial charge is 0.354 e. The van der Waals surface area contributed by atoms with E-state index in [0.717, 1.165) is 27.1 Å². The summed E-state index contributed by atoms with van der Waals surface area (Å²) in [5.41, 5.74) is 5.75. The lowest BCUT2D eigenvalue weighted by atomic mass is 10.0. The highest BCUT2D eigenvalue weighted by Gasteiger charge is 2.17. The Balaban J connectivity index is 1.67. The van der Waals surface area contributed by atoms with Gasteiger partial charge in [-0.15, -0.1) is 0 Å². The number of fused-ring (bicyclic) bond motifs is 5. The molecular formula is C28H19BrN2. The number of nitrogens with one attached hydrogen (secondary N) is 1. The smallest absolute Gasteiger partial charge is 0.0545 e. The first-order chi connectivity index (χ1) is 15.3. The molecule has 0 aliphatic rings. The molecule has 0 aliphatic heterocycles. The van der Waals surface area contributed by atoms with Gasteiger partial charge in [0.2, 0.25) is 0 Å². The molecule has 1 N–H and O–H groups in total. The minimum absolute atomic E-state index is 1.11. The fourth-order valence-electron chi connectivity index (χ4n) is 4.50. The molecule has 148 valence electrons. The van der Waals surface area contributed by atoms with E-state index < -0.39 is 0 Å². The van der Waals surface area contributed by atoms with E-state index in [2.05, 4.69) is 135 Å². The molecule has 0 radical (unpaired) electrons. The van der Waals surface area contributed by atoms with E-state index in [1.54, 1.807) is 0 Å². The third kappa shape index (κ3) is 2.93. The second-order valence-corrected chi connectivity index (χ2v) is 8.51. The third-order valence-electron chi connectivity index (χ3n) is 5.85. The maximum absolute atomic E-state index is 3.73. The summed E-state index contributed by atoms with van der Waals surface area (Å²) in [6.45, 7) is 0. The molecule has 0 aliphatic carbocycles. The number of aromatic nitrogens is 1. The summed E-state index contributed by atoms with van der Waals surface area (Å²) in [6, 6.07) is 38.4. The molecule has 0 atom stereocenters. The van der Waals surface area contributed by atoms with Gasteiger partial charge in [-0.1, -0.05) is 82.7 Å². The van der Waals surface area contributed by atoms with Crippen LogP contribution in [0.4, 0.5) is 17.1 Å². The zero-order valence-electron chi connectivity index (χ0n) is 16.7. The average molecular weight is 463 g/mol. The zero-order chi connectivity index (χ0) is 20.8. The molecule has 0 saturated carbocycles. The second kappa shape index (κ2) is 7.29. The van der Waals surface area contributed by atoms with E-state index in [9.17, 15) is 0 Å². The van der Waals surface area contributed by atoms with Crippen LogP contribution in [0.5, 0.6) is 0 Å². The van der Waals surface area contributed by atoms with E-state index in [1.807, 2.05) is 0 Å². The number of hydrogen-bond donors (Lipinski definition) is 1. The van der Waals surface area contributed by atoms with Crippen molar-refractivity contribution in [1.82, 2.24) is 4.98 Å². The maximum atomic E-state index is 3.73. The van der Waals surface area contributed by atoms with Crippen molar-refractivity contribution in [3.8, 4) is 0 Å². The molecule has 0 spiro atoms. The van der Waals surface area contributed by atoms with Crippen molar-refractivity contribution in [3.63, 3.8) is 0 Å². The minimum Gasteiger partial charge on any atom is -0.354 e. The van der Waals surface area contributed by atoms with Gasteiger partial charge in [0.1, 0.15) is 0 Å². The van der Waals surface area contributed by atoms with Gasteiger partial charge < -0.3 is 9.88 Å². The Morgan fingerprint density at radius 3 is 1.90 bits per heavy atom. The highest BCUT2D eigenvalue weighted by molar-refractivity contribution is 9.10. The molecule has 3 heteroatoms. The highest BCUT2D eigenvalue weighted by Crippen LogP contribution is 2.42. The summed E-state index contributed by atoms with van der Waals surface area (Å²) in [7, 11) is 0. The summed E-state index contributed by atoms with van der Waals surface area (Å²) in [4.78, 5) is 5.99. The Hall–Kier alpha value is -3.56. The van der Waals surface area contributed by atoms with E-state index in [0.29, 0.717) is 0 Å². The zero-order valence-corrected chi connectivity index (χ0v) is 18.3. The SMILES string of the molecule is Brc1cccc2[nH]c3c4cccc(N(c5ccccc5)c5ccccc5)c4ccc3c12. The number of hydrogen-bond acceptors (Lipinski definition) is 1. The molecule has 2 nitrogen and oxygen atoms in total. The van der Waals surface area contributed by atoms with Crippen LogP contribution in [0.2, 0.25) is 0 Å².